The molecule has 0 aliphatic heterocycles. The van der Waals surface area contributed by atoms with Crippen LogP contribution in [0.4, 0.5) is 0 Å². The predicted molar refractivity (Wildman–Crippen MR) is 129 cm³/mol. The van der Waals surface area contributed by atoms with Crippen molar-refractivity contribution in [2.75, 3.05) is 19.6 Å². The summed E-state index contributed by atoms with van der Waals surface area (Å²) >= 11 is 0. The Kier molecular flexibility index (Phi) is 15.0. The molecule has 2 atom stereocenters. The summed E-state index contributed by atoms with van der Waals surface area (Å²) in [4.78, 5) is 60.5. The summed E-state index contributed by atoms with van der Waals surface area (Å²) < 4.78 is 0. The summed E-state index contributed by atoms with van der Waals surface area (Å²) in [7, 11) is 0. The van der Waals surface area contributed by atoms with E-state index in [1.165, 1.54) is 12.1 Å². The molecule has 0 aliphatic carbocycles. The maximum absolute atomic E-state index is 12.8. The molecule has 0 heterocycles. The first-order chi connectivity index (χ1) is 16.8. The molecule has 0 aromatic heterocycles. The van der Waals surface area contributed by atoms with Gasteiger partial charge in [0.1, 0.15) is 17.8 Å². The monoisotopic (exact) mass is 511 g/mol. The van der Waals surface area contributed by atoms with E-state index in [1.807, 2.05) is 0 Å². The molecule has 15 nitrogen and oxygen atoms in total. The highest BCUT2D eigenvalue weighted by molar-refractivity contribution is 5.92. The highest BCUT2D eigenvalue weighted by atomic mass is 16.4. The SMILES string of the molecule is CC(=O)O.NCC(=O)NCC(=O)N[C@@H](Cc1ccc(O)cc1)C(=O)N[C@@H](CCCN=C(N)N)C(=O)O. The molecule has 15 heteroatoms. The van der Waals surface area contributed by atoms with Gasteiger partial charge >= 0.3 is 5.97 Å². The molecule has 36 heavy (non-hydrogen) atoms. The van der Waals surface area contributed by atoms with Crippen LogP contribution in [-0.4, -0.2) is 82.7 Å². The molecular formula is C21H33N7O8. The topological polar surface area (TPSA) is 273 Å². The molecule has 3 amide bonds. The predicted octanol–water partition coefficient (Wildman–Crippen LogP) is -2.79. The normalized spacial score (nSPS) is 11.5. The Labute approximate surface area is 207 Å². The molecule has 0 bridgehead atoms. The molecule has 200 valence electrons. The quantitative estimate of drug-likeness (QED) is 0.0741. The number of nitrogens with zero attached hydrogens (tertiary/aromatic N) is 1. The second kappa shape index (κ2) is 17.1. The summed E-state index contributed by atoms with van der Waals surface area (Å²) in [6.07, 6.45) is 0.378. The molecule has 1 aromatic rings. The van der Waals surface area contributed by atoms with Crippen molar-refractivity contribution in [3.8, 4) is 5.75 Å². The number of phenolic OH excluding ortho intramolecular Hbond substituents is 1. The molecular weight excluding hydrogens is 478 g/mol. The number of guanidine groups is 1. The van der Waals surface area contributed by atoms with Crippen LogP contribution in [0.3, 0.4) is 0 Å². The van der Waals surface area contributed by atoms with E-state index < -0.39 is 48.3 Å². The van der Waals surface area contributed by atoms with E-state index in [2.05, 4.69) is 20.9 Å². The molecule has 0 unspecified atom stereocenters. The summed E-state index contributed by atoms with van der Waals surface area (Å²) in [5.41, 5.74) is 16.2. The molecule has 1 aromatic carbocycles. The average Bonchev–Trinajstić information content (AvgIpc) is 2.79. The van der Waals surface area contributed by atoms with Crippen molar-refractivity contribution in [1.82, 2.24) is 16.0 Å². The number of hydrogen-bond donors (Lipinski definition) is 9. The molecule has 0 aliphatic rings. The minimum Gasteiger partial charge on any atom is -0.508 e. The van der Waals surface area contributed by atoms with Gasteiger partial charge in [0.25, 0.3) is 5.97 Å². The molecule has 1 rings (SSSR count). The standard InChI is InChI=1S/C19H29N7O6.C2H4O2/c20-9-15(28)24-10-16(29)25-14(8-11-3-5-12(27)6-4-11)17(30)26-13(18(31)32)2-1-7-23-19(21)22;1-2(3)4/h3-6,13-14,27H,1-2,7-10,20H2,(H,24,28)(H,25,29)(H,26,30)(H,31,32)(H4,21,22,23);1H3,(H,3,4)/t13-,14-;/m0./s1. The number of carboxylic acid groups (broad SMARTS) is 2. The molecule has 0 fully saturated rings. The average molecular weight is 512 g/mol. The van der Waals surface area contributed by atoms with Gasteiger partial charge in [0.05, 0.1) is 13.1 Å². The van der Waals surface area contributed by atoms with Crippen LogP contribution in [0.25, 0.3) is 0 Å². The zero-order valence-electron chi connectivity index (χ0n) is 19.8. The van der Waals surface area contributed by atoms with Crippen LogP contribution >= 0.6 is 0 Å². The van der Waals surface area contributed by atoms with Crippen LogP contribution in [-0.2, 0) is 30.4 Å². The van der Waals surface area contributed by atoms with Gasteiger partial charge in [0.15, 0.2) is 5.96 Å². The lowest BCUT2D eigenvalue weighted by atomic mass is 10.0. The number of nitrogens with one attached hydrogen (secondary N) is 3. The van der Waals surface area contributed by atoms with Crippen molar-refractivity contribution < 1.29 is 39.3 Å². The first-order valence-electron chi connectivity index (χ1n) is 10.7. The number of carbonyl (C=O) groups excluding carboxylic acids is 3. The van der Waals surface area contributed by atoms with E-state index in [1.54, 1.807) is 12.1 Å². The van der Waals surface area contributed by atoms with Crippen molar-refractivity contribution in [3.05, 3.63) is 29.8 Å². The van der Waals surface area contributed by atoms with Crippen LogP contribution in [0, 0.1) is 0 Å². The third-order valence-electron chi connectivity index (χ3n) is 4.22. The molecule has 0 saturated carbocycles. The molecule has 0 radical (unpaired) electrons. The third-order valence-corrected chi connectivity index (χ3v) is 4.22. The van der Waals surface area contributed by atoms with Gasteiger partial charge in [-0.05, 0) is 30.5 Å². The van der Waals surface area contributed by atoms with E-state index in [4.69, 9.17) is 27.1 Å². The Morgan fingerprint density at radius 3 is 2.06 bits per heavy atom. The molecule has 0 saturated heterocycles. The minimum absolute atomic E-state index is 0.0169. The van der Waals surface area contributed by atoms with Gasteiger partial charge in [-0.25, -0.2) is 4.79 Å². The van der Waals surface area contributed by atoms with Crippen LogP contribution in [0.2, 0.25) is 0 Å². The highest BCUT2D eigenvalue weighted by Crippen LogP contribution is 2.12. The van der Waals surface area contributed by atoms with E-state index >= 15 is 0 Å². The molecule has 12 N–H and O–H groups in total. The number of benzene rings is 1. The van der Waals surface area contributed by atoms with Gasteiger partial charge in [-0.15, -0.1) is 0 Å². The number of aromatic hydroxyl groups is 1. The van der Waals surface area contributed by atoms with Gasteiger partial charge in [-0.2, -0.15) is 0 Å². The van der Waals surface area contributed by atoms with E-state index in [0.29, 0.717) is 12.0 Å². The van der Waals surface area contributed by atoms with Crippen molar-refractivity contribution >= 4 is 35.6 Å². The molecule has 0 spiro atoms. The Hall–Kier alpha value is -4.40. The van der Waals surface area contributed by atoms with Gasteiger partial charge in [-0.1, -0.05) is 12.1 Å². The van der Waals surface area contributed by atoms with E-state index in [0.717, 1.165) is 6.92 Å². The smallest absolute Gasteiger partial charge is 0.326 e. The van der Waals surface area contributed by atoms with Crippen LogP contribution in [0.5, 0.6) is 5.75 Å². The van der Waals surface area contributed by atoms with Crippen LogP contribution in [0.15, 0.2) is 29.3 Å². The number of aliphatic imine (C=N–C) groups is 1. The maximum atomic E-state index is 12.8. The van der Waals surface area contributed by atoms with Crippen molar-refractivity contribution in [2.24, 2.45) is 22.2 Å². The fourth-order valence-corrected chi connectivity index (χ4v) is 2.61. The zero-order valence-corrected chi connectivity index (χ0v) is 19.8. The van der Waals surface area contributed by atoms with Crippen molar-refractivity contribution in [3.63, 3.8) is 0 Å². The minimum atomic E-state index is -1.26. The van der Waals surface area contributed by atoms with Gasteiger partial charge in [0, 0.05) is 19.9 Å². The number of carbonyl (C=O) groups is 5. The van der Waals surface area contributed by atoms with Crippen LogP contribution < -0.4 is 33.2 Å². The third kappa shape index (κ3) is 15.4. The second-order valence-electron chi connectivity index (χ2n) is 7.34. The Morgan fingerprint density at radius 1 is 0.972 bits per heavy atom. The summed E-state index contributed by atoms with van der Waals surface area (Å²) in [5.74, 6) is -4.13. The number of amides is 3. The highest BCUT2D eigenvalue weighted by Gasteiger charge is 2.26. The first kappa shape index (κ1) is 31.6. The fraction of sp³-hybridized carbons (Fsp3) is 0.429. The van der Waals surface area contributed by atoms with Gasteiger partial charge < -0.3 is 48.5 Å². The lowest BCUT2D eigenvalue weighted by Crippen LogP contribution is -2.54. The van der Waals surface area contributed by atoms with Gasteiger partial charge in [0.2, 0.25) is 17.7 Å². The number of nitrogens with two attached hydrogens (primary N) is 3. The largest absolute Gasteiger partial charge is 0.508 e. The Morgan fingerprint density at radius 2 is 1.56 bits per heavy atom. The number of aliphatic carboxylic acids is 2. The summed E-state index contributed by atoms with van der Waals surface area (Å²) in [6, 6.07) is 3.58. The fourth-order valence-electron chi connectivity index (χ4n) is 2.61. The summed E-state index contributed by atoms with van der Waals surface area (Å²) in [6.45, 7) is 0.567. The Bertz CT molecular complexity index is 913. The lowest BCUT2D eigenvalue weighted by Gasteiger charge is -2.22. The Balaban J connectivity index is 0.00000283. The summed E-state index contributed by atoms with van der Waals surface area (Å²) in [5, 5.41) is 33.4. The van der Waals surface area contributed by atoms with Crippen LogP contribution in [0.1, 0.15) is 25.3 Å². The van der Waals surface area contributed by atoms with Crippen molar-refractivity contribution in [2.45, 2.75) is 38.3 Å². The number of phenols is 1. The first-order valence-corrected chi connectivity index (χ1v) is 10.7. The lowest BCUT2D eigenvalue weighted by molar-refractivity contribution is -0.142. The number of carboxylic acids is 2. The zero-order chi connectivity index (χ0) is 27.7. The van der Waals surface area contributed by atoms with Crippen molar-refractivity contribution in [1.29, 1.82) is 0 Å². The second-order valence-corrected chi connectivity index (χ2v) is 7.34. The van der Waals surface area contributed by atoms with E-state index in [-0.39, 0.29) is 37.6 Å². The number of rotatable bonds is 13. The number of hydrogen-bond acceptors (Lipinski definition) is 8. The van der Waals surface area contributed by atoms with E-state index in [9.17, 15) is 29.4 Å². The maximum Gasteiger partial charge on any atom is 0.326 e. The van der Waals surface area contributed by atoms with Gasteiger partial charge in [-0.3, -0.25) is 24.2 Å².